The van der Waals surface area contributed by atoms with Gasteiger partial charge in [-0.1, -0.05) is 31.2 Å². The van der Waals surface area contributed by atoms with Crippen LogP contribution in [-0.4, -0.2) is 17.6 Å². The zero-order chi connectivity index (χ0) is 20.5. The monoisotopic (exact) mass is 406 g/mol. The first-order valence-electron chi connectivity index (χ1n) is 9.32. The van der Waals surface area contributed by atoms with Crippen molar-refractivity contribution in [3.63, 3.8) is 0 Å². The number of benzene rings is 3. The summed E-state index contributed by atoms with van der Waals surface area (Å²) in [5.41, 5.74) is 1.23. The average molecular weight is 407 g/mol. The lowest BCUT2D eigenvalue weighted by Gasteiger charge is -2.11. The molecule has 0 bridgehead atoms. The molecule has 5 nitrogen and oxygen atoms in total. The minimum Gasteiger partial charge on any atom is -0.494 e. The Bertz CT molecular complexity index is 959. The van der Waals surface area contributed by atoms with Crippen LogP contribution in [0.15, 0.2) is 78.9 Å². The van der Waals surface area contributed by atoms with Crippen molar-refractivity contribution in [3.8, 4) is 17.2 Å². The topological polar surface area (TPSA) is 59.6 Å². The molecule has 0 radical (unpaired) electrons. The minimum atomic E-state index is -0.298. The number of hydrogen-bond acceptors (Lipinski definition) is 4. The normalized spacial score (nSPS) is 10.1. The quantitative estimate of drug-likeness (QED) is 0.515. The Kier molecular flexibility index (Phi) is 7.19. The van der Waals surface area contributed by atoms with Crippen LogP contribution in [-0.2, 0) is 0 Å². The summed E-state index contributed by atoms with van der Waals surface area (Å²) >= 11 is 5.25. The van der Waals surface area contributed by atoms with Gasteiger partial charge in [0.05, 0.1) is 6.61 Å². The smallest absolute Gasteiger partial charge is 0.257 e. The van der Waals surface area contributed by atoms with Gasteiger partial charge in [-0.25, -0.2) is 0 Å². The summed E-state index contributed by atoms with van der Waals surface area (Å²) in [5.74, 6) is 1.84. The Morgan fingerprint density at radius 2 is 1.59 bits per heavy atom. The van der Waals surface area contributed by atoms with Gasteiger partial charge in [0.2, 0.25) is 0 Å². The third-order valence-electron chi connectivity index (χ3n) is 3.89. The van der Waals surface area contributed by atoms with E-state index in [-0.39, 0.29) is 11.0 Å². The molecule has 0 spiro atoms. The molecule has 0 aliphatic carbocycles. The SMILES string of the molecule is CCCOc1cccc(C(=O)NC(=S)Nc2ccc(Oc3ccccc3)cc2)c1. The van der Waals surface area contributed by atoms with Crippen molar-refractivity contribution in [1.82, 2.24) is 5.32 Å². The van der Waals surface area contributed by atoms with E-state index in [2.05, 4.69) is 10.6 Å². The molecule has 3 aromatic rings. The van der Waals surface area contributed by atoms with Crippen LogP contribution in [0.25, 0.3) is 0 Å². The van der Waals surface area contributed by atoms with Crippen molar-refractivity contribution in [2.24, 2.45) is 0 Å². The van der Waals surface area contributed by atoms with Crippen LogP contribution in [0, 0.1) is 0 Å². The Morgan fingerprint density at radius 1 is 0.897 bits per heavy atom. The molecular weight excluding hydrogens is 384 g/mol. The molecule has 2 N–H and O–H groups in total. The predicted molar refractivity (Wildman–Crippen MR) is 119 cm³/mol. The molecule has 0 unspecified atom stereocenters. The van der Waals surface area contributed by atoms with Crippen molar-refractivity contribution in [2.75, 3.05) is 11.9 Å². The molecule has 0 atom stereocenters. The maximum Gasteiger partial charge on any atom is 0.257 e. The van der Waals surface area contributed by atoms with Gasteiger partial charge in [-0.05, 0) is 73.2 Å². The second kappa shape index (κ2) is 10.2. The largest absolute Gasteiger partial charge is 0.494 e. The number of amides is 1. The molecule has 0 aliphatic heterocycles. The fourth-order valence-electron chi connectivity index (χ4n) is 2.52. The fraction of sp³-hybridized carbons (Fsp3) is 0.130. The van der Waals surface area contributed by atoms with Crippen LogP contribution >= 0.6 is 12.2 Å². The third-order valence-corrected chi connectivity index (χ3v) is 4.09. The zero-order valence-electron chi connectivity index (χ0n) is 16.1. The highest BCUT2D eigenvalue weighted by atomic mass is 32.1. The number of anilines is 1. The van der Waals surface area contributed by atoms with E-state index in [1.165, 1.54) is 0 Å². The second-order valence-electron chi connectivity index (χ2n) is 6.22. The Balaban J connectivity index is 1.54. The van der Waals surface area contributed by atoms with Crippen molar-refractivity contribution in [1.29, 1.82) is 0 Å². The second-order valence-corrected chi connectivity index (χ2v) is 6.63. The summed E-state index contributed by atoms with van der Waals surface area (Å²) in [4.78, 5) is 12.4. The molecule has 29 heavy (non-hydrogen) atoms. The summed E-state index contributed by atoms with van der Waals surface area (Å²) in [6, 6.07) is 23.9. The van der Waals surface area contributed by atoms with E-state index in [1.54, 1.807) is 18.2 Å². The van der Waals surface area contributed by atoms with Crippen LogP contribution in [0.4, 0.5) is 5.69 Å². The lowest BCUT2D eigenvalue weighted by molar-refractivity contribution is 0.0977. The lowest BCUT2D eigenvalue weighted by Crippen LogP contribution is -2.34. The van der Waals surface area contributed by atoms with E-state index < -0.39 is 0 Å². The van der Waals surface area contributed by atoms with E-state index in [4.69, 9.17) is 21.7 Å². The lowest BCUT2D eigenvalue weighted by atomic mass is 10.2. The molecule has 0 saturated heterocycles. The van der Waals surface area contributed by atoms with E-state index in [9.17, 15) is 4.79 Å². The predicted octanol–water partition coefficient (Wildman–Crippen LogP) is 5.39. The number of hydrogen-bond donors (Lipinski definition) is 2. The van der Waals surface area contributed by atoms with Gasteiger partial charge in [-0.15, -0.1) is 0 Å². The standard InChI is InChI=1S/C23H22N2O3S/c1-2-15-27-21-10-6-7-17(16-21)22(26)25-23(29)24-18-11-13-20(14-12-18)28-19-8-4-3-5-9-19/h3-14,16H,2,15H2,1H3,(H2,24,25,26,29). The summed E-state index contributed by atoms with van der Waals surface area (Å²) < 4.78 is 11.3. The highest BCUT2D eigenvalue weighted by molar-refractivity contribution is 7.80. The minimum absolute atomic E-state index is 0.214. The molecular formula is C23H22N2O3S. The summed E-state index contributed by atoms with van der Waals surface area (Å²) in [6.07, 6.45) is 0.902. The summed E-state index contributed by atoms with van der Waals surface area (Å²) in [7, 11) is 0. The van der Waals surface area contributed by atoms with Crippen LogP contribution < -0.4 is 20.1 Å². The van der Waals surface area contributed by atoms with Crippen molar-refractivity contribution >= 4 is 28.9 Å². The van der Waals surface area contributed by atoms with Crippen LogP contribution in [0.3, 0.4) is 0 Å². The van der Waals surface area contributed by atoms with Gasteiger partial charge in [0.25, 0.3) is 5.91 Å². The first-order chi connectivity index (χ1) is 14.1. The number of para-hydroxylation sites is 1. The van der Waals surface area contributed by atoms with Gasteiger partial charge < -0.3 is 14.8 Å². The number of nitrogens with one attached hydrogen (secondary N) is 2. The van der Waals surface area contributed by atoms with Gasteiger partial charge in [0, 0.05) is 11.3 Å². The molecule has 0 aromatic heterocycles. The number of ether oxygens (including phenoxy) is 2. The number of carbonyl (C=O) groups excluding carboxylic acids is 1. The summed E-state index contributed by atoms with van der Waals surface area (Å²) in [5, 5.41) is 5.89. The zero-order valence-corrected chi connectivity index (χ0v) is 16.9. The third kappa shape index (κ3) is 6.33. The maximum absolute atomic E-state index is 12.4. The fourth-order valence-corrected chi connectivity index (χ4v) is 2.73. The first kappa shape index (κ1) is 20.4. The van der Waals surface area contributed by atoms with Gasteiger partial charge in [0.1, 0.15) is 17.2 Å². The number of carbonyl (C=O) groups is 1. The van der Waals surface area contributed by atoms with Gasteiger partial charge in [-0.2, -0.15) is 0 Å². The molecule has 0 aliphatic rings. The van der Waals surface area contributed by atoms with E-state index in [0.29, 0.717) is 23.7 Å². The number of rotatable bonds is 7. The summed E-state index contributed by atoms with van der Waals surface area (Å²) in [6.45, 7) is 2.63. The van der Waals surface area contributed by atoms with E-state index in [1.807, 2.05) is 67.6 Å². The van der Waals surface area contributed by atoms with Crippen molar-refractivity contribution in [3.05, 3.63) is 84.4 Å². The molecule has 6 heteroatoms. The molecule has 0 heterocycles. The maximum atomic E-state index is 12.4. The molecule has 3 aromatic carbocycles. The van der Waals surface area contributed by atoms with Crippen molar-refractivity contribution < 1.29 is 14.3 Å². The molecule has 1 amide bonds. The van der Waals surface area contributed by atoms with E-state index >= 15 is 0 Å². The molecule has 0 fully saturated rings. The van der Waals surface area contributed by atoms with Crippen molar-refractivity contribution in [2.45, 2.75) is 13.3 Å². The van der Waals surface area contributed by atoms with Gasteiger partial charge >= 0.3 is 0 Å². The van der Waals surface area contributed by atoms with Gasteiger partial charge in [0.15, 0.2) is 5.11 Å². The highest BCUT2D eigenvalue weighted by Crippen LogP contribution is 2.22. The molecule has 148 valence electrons. The Morgan fingerprint density at radius 3 is 2.31 bits per heavy atom. The van der Waals surface area contributed by atoms with Crippen LogP contribution in [0.1, 0.15) is 23.7 Å². The van der Waals surface area contributed by atoms with Crippen LogP contribution in [0.2, 0.25) is 0 Å². The molecule has 0 saturated carbocycles. The van der Waals surface area contributed by atoms with Gasteiger partial charge in [-0.3, -0.25) is 10.1 Å². The van der Waals surface area contributed by atoms with E-state index in [0.717, 1.165) is 17.9 Å². The first-order valence-corrected chi connectivity index (χ1v) is 9.73. The number of thiocarbonyl (C=S) groups is 1. The Hall–Kier alpha value is -3.38. The average Bonchev–Trinajstić information content (AvgIpc) is 2.74. The highest BCUT2D eigenvalue weighted by Gasteiger charge is 2.09. The van der Waals surface area contributed by atoms with Crippen LogP contribution in [0.5, 0.6) is 17.2 Å². The Labute approximate surface area is 175 Å². The molecule has 3 rings (SSSR count).